The summed E-state index contributed by atoms with van der Waals surface area (Å²) in [4.78, 5) is 24.8. The normalized spacial score (nSPS) is 16.6. The van der Waals surface area contributed by atoms with Gasteiger partial charge in [0.2, 0.25) is 5.91 Å². The van der Waals surface area contributed by atoms with Gasteiger partial charge in [0, 0.05) is 0 Å². The van der Waals surface area contributed by atoms with Crippen LogP contribution in [0.15, 0.2) is 12.1 Å². The second-order valence-electron chi connectivity index (χ2n) is 6.80. The zero-order chi connectivity index (χ0) is 17.2. The number of rotatable bonds is 6. The van der Waals surface area contributed by atoms with Crippen molar-refractivity contribution in [3.05, 3.63) is 34.4 Å². The molecule has 1 saturated carbocycles. The molecule has 1 atom stereocenters. The van der Waals surface area contributed by atoms with Gasteiger partial charge in [-0.3, -0.25) is 4.79 Å². The van der Waals surface area contributed by atoms with E-state index in [2.05, 4.69) is 24.4 Å². The quantitative estimate of drug-likeness (QED) is 0.821. The molecule has 0 saturated heterocycles. The summed E-state index contributed by atoms with van der Waals surface area (Å²) >= 11 is 0. The Morgan fingerprint density at radius 3 is 2.26 bits per heavy atom. The lowest BCUT2D eigenvalue weighted by atomic mass is 9.93. The lowest BCUT2D eigenvalue weighted by molar-refractivity contribution is -0.153. The third-order valence-corrected chi connectivity index (χ3v) is 4.67. The second kappa shape index (κ2) is 6.73. The van der Waals surface area contributed by atoms with Gasteiger partial charge in [0.15, 0.2) is 0 Å². The Morgan fingerprint density at radius 2 is 1.78 bits per heavy atom. The number of hydrogen-bond acceptors (Lipinski definition) is 3. The molecule has 0 radical (unpaired) electrons. The highest BCUT2D eigenvalue weighted by Crippen LogP contribution is 2.40. The van der Waals surface area contributed by atoms with Gasteiger partial charge in [-0.1, -0.05) is 17.7 Å². The molecule has 0 spiro atoms. The summed E-state index contributed by atoms with van der Waals surface area (Å²) < 4.78 is 5.17. The summed E-state index contributed by atoms with van der Waals surface area (Å²) in [5, 5.41) is 2.94. The van der Waals surface area contributed by atoms with Gasteiger partial charge in [-0.2, -0.15) is 0 Å². The molecule has 126 valence electrons. The van der Waals surface area contributed by atoms with E-state index in [0.29, 0.717) is 13.0 Å². The van der Waals surface area contributed by atoms with Crippen LogP contribution in [0.5, 0.6) is 0 Å². The molecule has 1 fully saturated rings. The summed E-state index contributed by atoms with van der Waals surface area (Å²) in [6, 6.07) is 4.17. The number of benzene rings is 1. The minimum absolute atomic E-state index is 0.123. The lowest BCUT2D eigenvalue weighted by Crippen LogP contribution is -2.55. The summed E-state index contributed by atoms with van der Waals surface area (Å²) in [5.74, 6) is -0.263. The van der Waals surface area contributed by atoms with Crippen LogP contribution in [-0.2, 0) is 20.7 Å². The van der Waals surface area contributed by atoms with Crippen molar-refractivity contribution < 1.29 is 14.3 Å². The Morgan fingerprint density at radius 1 is 1.22 bits per heavy atom. The molecule has 23 heavy (non-hydrogen) atoms. The first kappa shape index (κ1) is 17.5. The smallest absolute Gasteiger partial charge is 0.331 e. The van der Waals surface area contributed by atoms with Crippen LogP contribution in [0.1, 0.15) is 48.9 Å². The van der Waals surface area contributed by atoms with Crippen molar-refractivity contribution in [2.24, 2.45) is 5.92 Å². The Kier molecular flexibility index (Phi) is 5.12. The molecule has 2 rings (SSSR count). The average molecular weight is 317 g/mol. The molecule has 1 N–H and O–H groups in total. The molecule has 1 aromatic rings. The number of carbonyl (C=O) groups is 2. The fourth-order valence-corrected chi connectivity index (χ4v) is 3.24. The highest BCUT2D eigenvalue weighted by atomic mass is 16.5. The van der Waals surface area contributed by atoms with E-state index in [1.54, 1.807) is 13.8 Å². The predicted molar refractivity (Wildman–Crippen MR) is 90.3 cm³/mol. The number of aryl methyl sites for hydroxylation is 3. The lowest BCUT2D eigenvalue weighted by Gasteiger charge is -2.28. The highest BCUT2D eigenvalue weighted by molar-refractivity contribution is 5.89. The van der Waals surface area contributed by atoms with Gasteiger partial charge in [-0.05, 0) is 70.1 Å². The van der Waals surface area contributed by atoms with Gasteiger partial charge in [0.1, 0.15) is 5.54 Å². The fraction of sp³-hybridized carbons (Fsp3) is 0.579. The van der Waals surface area contributed by atoms with Crippen molar-refractivity contribution in [1.29, 1.82) is 0 Å². The van der Waals surface area contributed by atoms with Crippen molar-refractivity contribution in [3.8, 4) is 0 Å². The van der Waals surface area contributed by atoms with Gasteiger partial charge >= 0.3 is 5.97 Å². The van der Waals surface area contributed by atoms with E-state index in [-0.39, 0.29) is 17.8 Å². The highest BCUT2D eigenvalue weighted by Gasteiger charge is 2.49. The maximum absolute atomic E-state index is 12.5. The van der Waals surface area contributed by atoms with Crippen molar-refractivity contribution in [2.75, 3.05) is 6.61 Å². The zero-order valence-corrected chi connectivity index (χ0v) is 14.8. The molecule has 0 aliphatic heterocycles. The van der Waals surface area contributed by atoms with Gasteiger partial charge in [0.25, 0.3) is 0 Å². The molecule has 1 aliphatic rings. The predicted octanol–water partition coefficient (Wildman–Crippen LogP) is 3.00. The van der Waals surface area contributed by atoms with Gasteiger partial charge in [0.05, 0.1) is 13.0 Å². The van der Waals surface area contributed by atoms with Crippen LogP contribution in [0, 0.1) is 26.7 Å². The Hall–Kier alpha value is -1.84. The number of carbonyl (C=O) groups excluding carboxylic acids is 2. The summed E-state index contributed by atoms with van der Waals surface area (Å²) in [5.41, 5.74) is 3.55. The van der Waals surface area contributed by atoms with Crippen molar-refractivity contribution >= 4 is 11.9 Å². The van der Waals surface area contributed by atoms with Gasteiger partial charge in [-0.15, -0.1) is 0 Å². The maximum atomic E-state index is 12.5. The molecule has 1 aliphatic carbocycles. The molecule has 0 bridgehead atoms. The van der Waals surface area contributed by atoms with Crippen molar-refractivity contribution in [3.63, 3.8) is 0 Å². The van der Waals surface area contributed by atoms with Crippen LogP contribution in [0.2, 0.25) is 0 Å². The van der Waals surface area contributed by atoms with Crippen LogP contribution < -0.4 is 5.32 Å². The van der Waals surface area contributed by atoms with E-state index in [9.17, 15) is 9.59 Å². The monoisotopic (exact) mass is 317 g/mol. The van der Waals surface area contributed by atoms with Crippen molar-refractivity contribution in [2.45, 2.75) is 59.4 Å². The van der Waals surface area contributed by atoms with Crippen LogP contribution in [-0.4, -0.2) is 24.0 Å². The molecular weight excluding hydrogens is 290 g/mol. The number of nitrogens with one attached hydrogen (secondary N) is 1. The summed E-state index contributed by atoms with van der Waals surface area (Å²) in [6.07, 6.45) is 2.20. The number of amides is 1. The maximum Gasteiger partial charge on any atom is 0.331 e. The molecule has 1 amide bonds. The van der Waals surface area contributed by atoms with Crippen LogP contribution in [0.25, 0.3) is 0 Å². The van der Waals surface area contributed by atoms with E-state index in [1.165, 1.54) is 5.56 Å². The Labute approximate surface area is 138 Å². The van der Waals surface area contributed by atoms with E-state index >= 15 is 0 Å². The summed E-state index contributed by atoms with van der Waals surface area (Å²) in [7, 11) is 0. The topological polar surface area (TPSA) is 55.4 Å². The Balaban J connectivity index is 2.13. The minimum atomic E-state index is -0.903. The molecule has 0 aromatic heterocycles. The van der Waals surface area contributed by atoms with Crippen LogP contribution >= 0.6 is 0 Å². The fourth-order valence-electron chi connectivity index (χ4n) is 3.24. The first-order valence-electron chi connectivity index (χ1n) is 8.33. The van der Waals surface area contributed by atoms with Crippen LogP contribution in [0.3, 0.4) is 0 Å². The first-order chi connectivity index (χ1) is 10.8. The zero-order valence-electron chi connectivity index (χ0n) is 14.8. The van der Waals surface area contributed by atoms with E-state index in [1.807, 2.05) is 13.8 Å². The molecule has 4 heteroatoms. The number of hydrogen-bond donors (Lipinski definition) is 1. The number of esters is 1. The molecular formula is C19H27NO3. The molecule has 4 nitrogen and oxygen atoms in total. The van der Waals surface area contributed by atoms with E-state index in [0.717, 1.165) is 29.5 Å². The first-order valence-corrected chi connectivity index (χ1v) is 8.33. The molecule has 1 aromatic carbocycles. The second-order valence-corrected chi connectivity index (χ2v) is 6.80. The van der Waals surface area contributed by atoms with Gasteiger partial charge < -0.3 is 10.1 Å². The molecule has 0 heterocycles. The van der Waals surface area contributed by atoms with Crippen LogP contribution in [0.4, 0.5) is 0 Å². The Bertz CT molecular complexity index is 596. The van der Waals surface area contributed by atoms with Gasteiger partial charge in [-0.25, -0.2) is 4.79 Å². The van der Waals surface area contributed by atoms with E-state index in [4.69, 9.17) is 4.74 Å². The largest absolute Gasteiger partial charge is 0.464 e. The SMILES string of the molecule is CCOC(=O)C(C)(NC(=O)Cc1c(C)cc(C)cc1C)C1CC1. The minimum Gasteiger partial charge on any atom is -0.464 e. The number of ether oxygens (including phenoxy) is 1. The molecule has 1 unspecified atom stereocenters. The standard InChI is InChI=1S/C19H27NO3/c1-6-23-18(22)19(5,15-7-8-15)20-17(21)11-16-13(3)9-12(2)10-14(16)4/h9-10,15H,6-8,11H2,1-5H3,(H,20,21). The van der Waals surface area contributed by atoms with E-state index < -0.39 is 5.54 Å². The summed E-state index contributed by atoms with van der Waals surface area (Å²) in [6.45, 7) is 9.99. The van der Waals surface area contributed by atoms with Crippen molar-refractivity contribution in [1.82, 2.24) is 5.32 Å². The third kappa shape index (κ3) is 3.92. The third-order valence-electron chi connectivity index (χ3n) is 4.67. The average Bonchev–Trinajstić information content (AvgIpc) is 3.27.